The van der Waals surface area contributed by atoms with Crippen LogP contribution in [-0.2, 0) is 37.2 Å². The number of rotatable bonds is 12. The molecule has 65 heavy (non-hydrogen) atoms. The standard InChI is InChI=1S/C17H17FN7O6P.C17H16FN7O3.Cl3OP/c1-24-16(21-22-23-24)20-15-5-2-10(7-19-15)13-4-3-11(6-14(13)18)25-8-12(31-17(25)26)9-30-32(27,28)29;1-24-16(21-22-23-24)20-15-5-2-10(7-19-15)13-4-3-11(6-14(13)18)25-8-12(9-26)28-17(25)27;1-5(2,3)4/h2-7,12H,8-9H2,1H3,(H2,27,28,29)(H,19,20,21,23);2-7,12,26H,8-9H2,1H3,(H,19,20,21,23);/t2*12-;/m11./s1. The Morgan fingerprint density at radius 1 is 0.738 bits per heavy atom. The zero-order chi connectivity index (χ0) is 47.1. The Kier molecular flexibility index (Phi) is 15.6. The van der Waals surface area contributed by atoms with Gasteiger partial charge in [0.05, 0.1) is 37.7 Å². The molecule has 6 aromatic rings. The second kappa shape index (κ2) is 20.9. The van der Waals surface area contributed by atoms with E-state index in [1.165, 1.54) is 50.9 Å². The quantitative estimate of drug-likeness (QED) is 0.0895. The van der Waals surface area contributed by atoms with Crippen LogP contribution < -0.4 is 20.4 Å². The second-order valence-corrected chi connectivity index (χ2v) is 21.2. The fourth-order valence-corrected chi connectivity index (χ4v) is 6.15. The summed E-state index contributed by atoms with van der Waals surface area (Å²) in [7, 11) is -1.34. The number of cyclic esters (lactones) is 2. The monoisotopic (exact) mass is 1000 g/mol. The molecular formula is C34H33Cl3F2N14O10P2. The van der Waals surface area contributed by atoms with Gasteiger partial charge in [-0.2, -0.15) is 0 Å². The maximum atomic E-state index is 14.8. The summed E-state index contributed by atoms with van der Waals surface area (Å²) in [6.45, 7) is -0.633. The fraction of sp³-hybridized carbons (Fsp3) is 0.235. The van der Waals surface area contributed by atoms with Crippen molar-refractivity contribution >= 4 is 93.8 Å². The number of pyridine rings is 2. The van der Waals surface area contributed by atoms with Crippen LogP contribution >= 0.6 is 46.7 Å². The second-order valence-electron chi connectivity index (χ2n) is 13.3. The van der Waals surface area contributed by atoms with E-state index in [0.29, 0.717) is 45.9 Å². The molecule has 2 amide bonds. The lowest BCUT2D eigenvalue weighted by Gasteiger charge is -2.14. The molecule has 0 bridgehead atoms. The molecule has 4 aromatic heterocycles. The number of carbonyl (C=O) groups excluding carboxylic acids is 2. The molecule has 2 fully saturated rings. The van der Waals surface area contributed by atoms with E-state index in [4.69, 9.17) is 24.4 Å². The van der Waals surface area contributed by atoms with Crippen molar-refractivity contribution in [3.05, 3.63) is 84.7 Å². The molecule has 0 unspecified atom stereocenters. The van der Waals surface area contributed by atoms with E-state index in [9.17, 15) is 27.5 Å². The summed E-state index contributed by atoms with van der Waals surface area (Å²) >= 11 is 13.8. The molecular weight excluding hydrogens is 971 g/mol. The third kappa shape index (κ3) is 13.5. The maximum absolute atomic E-state index is 14.8. The van der Waals surface area contributed by atoms with Crippen LogP contribution in [0.1, 0.15) is 0 Å². The van der Waals surface area contributed by atoms with Gasteiger partial charge in [-0.25, -0.2) is 42.3 Å². The van der Waals surface area contributed by atoms with E-state index in [2.05, 4.69) is 89.9 Å². The molecule has 31 heteroatoms. The number of aliphatic hydroxyl groups excluding tert-OH is 1. The van der Waals surface area contributed by atoms with E-state index < -0.39 is 55.7 Å². The fourth-order valence-electron chi connectivity index (χ4n) is 5.79. The van der Waals surface area contributed by atoms with Gasteiger partial charge in [0.15, 0.2) is 0 Å². The third-order valence-corrected chi connectivity index (χ3v) is 9.26. The van der Waals surface area contributed by atoms with Crippen molar-refractivity contribution in [3.8, 4) is 22.3 Å². The van der Waals surface area contributed by atoms with E-state index >= 15 is 0 Å². The molecule has 24 nitrogen and oxygen atoms in total. The Morgan fingerprint density at radius 3 is 1.51 bits per heavy atom. The highest BCUT2D eigenvalue weighted by Crippen LogP contribution is 2.61. The number of benzene rings is 2. The molecule has 2 aliphatic heterocycles. The summed E-state index contributed by atoms with van der Waals surface area (Å²) in [4.78, 5) is 52.3. The Bertz CT molecular complexity index is 2730. The lowest BCUT2D eigenvalue weighted by atomic mass is 10.1. The van der Waals surface area contributed by atoms with Gasteiger partial charge in [0.2, 0.25) is 11.9 Å². The summed E-state index contributed by atoms with van der Waals surface area (Å²) in [5.41, 5.74) is 2.28. The molecule has 0 aliphatic carbocycles. The number of tetrazole rings is 2. The Morgan fingerprint density at radius 2 is 1.17 bits per heavy atom. The van der Waals surface area contributed by atoms with Crippen molar-refractivity contribution in [1.29, 1.82) is 0 Å². The lowest BCUT2D eigenvalue weighted by molar-refractivity contribution is 0.0880. The Labute approximate surface area is 379 Å². The molecule has 344 valence electrons. The smallest absolute Gasteiger partial charge is 0.441 e. The van der Waals surface area contributed by atoms with Gasteiger partial charge in [-0.15, -0.1) is 0 Å². The summed E-state index contributed by atoms with van der Waals surface area (Å²) in [5, 5.41) is 33.8. The number of ether oxygens (including phenoxy) is 2. The van der Waals surface area contributed by atoms with E-state index in [1.54, 1.807) is 50.5 Å². The molecule has 0 saturated carbocycles. The van der Waals surface area contributed by atoms with Gasteiger partial charge in [0, 0.05) is 48.7 Å². The first kappa shape index (κ1) is 48.5. The highest BCUT2D eigenvalue weighted by atomic mass is 36.0. The zero-order valence-corrected chi connectivity index (χ0v) is 37.3. The number of hydrogen-bond acceptors (Lipinski definition) is 18. The van der Waals surface area contributed by atoms with Crippen molar-refractivity contribution in [2.45, 2.75) is 12.2 Å². The number of phosphoric ester groups is 1. The van der Waals surface area contributed by atoms with E-state index in [1.807, 2.05) is 0 Å². The van der Waals surface area contributed by atoms with Crippen LogP contribution in [0.2, 0.25) is 0 Å². The molecule has 5 N–H and O–H groups in total. The van der Waals surface area contributed by atoms with E-state index in [0.717, 1.165) is 4.90 Å². The number of nitrogens with one attached hydrogen (secondary N) is 2. The number of nitrogens with zero attached hydrogens (tertiary/aromatic N) is 12. The average molecular weight is 1000 g/mol. The van der Waals surface area contributed by atoms with Crippen LogP contribution in [0.3, 0.4) is 0 Å². The minimum absolute atomic E-state index is 0.0452. The van der Waals surface area contributed by atoms with Crippen LogP contribution in [0, 0.1) is 11.6 Å². The number of hydrogen-bond donors (Lipinski definition) is 5. The number of aliphatic hydroxyl groups is 1. The van der Waals surface area contributed by atoms with Gasteiger partial charge in [-0.1, -0.05) is 10.2 Å². The number of phosphoric acid groups is 1. The Balaban J connectivity index is 0.000000197. The number of carbonyl (C=O) groups is 2. The van der Waals surface area contributed by atoms with Crippen LogP contribution in [0.15, 0.2) is 73.1 Å². The largest absolute Gasteiger partial charge is 0.469 e. The summed E-state index contributed by atoms with van der Waals surface area (Å²) in [6, 6.07) is 15.3. The minimum atomic E-state index is -4.69. The average Bonchev–Trinajstić information content (AvgIpc) is 4.04. The predicted molar refractivity (Wildman–Crippen MR) is 229 cm³/mol. The first-order valence-electron chi connectivity index (χ1n) is 18.2. The van der Waals surface area contributed by atoms with Gasteiger partial charge < -0.3 is 35.0 Å². The summed E-state index contributed by atoms with van der Waals surface area (Å²) in [5.74, 6) is 0.695. The first-order valence-corrected chi connectivity index (χ1v) is 24.2. The number of amides is 2. The normalized spacial score (nSPS) is 16.0. The van der Waals surface area contributed by atoms with Crippen molar-refractivity contribution in [3.63, 3.8) is 0 Å². The summed E-state index contributed by atoms with van der Waals surface area (Å²) in [6.07, 6.45) is 0.114. The van der Waals surface area contributed by atoms with Crippen LogP contribution in [0.4, 0.5) is 53.3 Å². The number of halogens is 5. The third-order valence-electron chi connectivity index (χ3n) is 8.78. The molecule has 6 heterocycles. The zero-order valence-electron chi connectivity index (χ0n) is 33.3. The minimum Gasteiger partial charge on any atom is -0.441 e. The lowest BCUT2D eigenvalue weighted by Crippen LogP contribution is -2.25. The van der Waals surface area contributed by atoms with Crippen molar-refractivity contribution in [2.75, 3.05) is 46.7 Å². The molecule has 2 saturated heterocycles. The molecule has 0 spiro atoms. The van der Waals surface area contributed by atoms with Crippen LogP contribution in [-0.4, -0.2) is 116 Å². The molecule has 0 radical (unpaired) electrons. The number of anilines is 6. The maximum Gasteiger partial charge on any atom is 0.469 e. The predicted octanol–water partition coefficient (Wildman–Crippen LogP) is 5.87. The van der Waals surface area contributed by atoms with Gasteiger partial charge >= 0.3 is 25.2 Å². The van der Waals surface area contributed by atoms with E-state index in [-0.39, 0.29) is 30.9 Å². The van der Waals surface area contributed by atoms with Gasteiger partial charge in [-0.3, -0.25) is 18.9 Å². The SMILES string of the molecule is Cn1nnnc1Nc1ccc(-c2ccc(N3C[C@H](CO)OC3=O)cc2F)cn1.Cn1nnnc1Nc1ccc(-c2ccc(N3C[C@H](COP(=O)(O)O)OC3=O)cc2F)cn1.O=P(Cl)(Cl)Cl. The number of aromatic nitrogens is 10. The van der Waals surface area contributed by atoms with Crippen molar-refractivity contribution in [1.82, 2.24) is 50.4 Å². The van der Waals surface area contributed by atoms with Crippen molar-refractivity contribution < 1.29 is 56.4 Å². The highest BCUT2D eigenvalue weighted by molar-refractivity contribution is 8.24. The molecule has 2 atom stereocenters. The topological polar surface area (TPSA) is 300 Å². The Hall–Kier alpha value is -5.95. The van der Waals surface area contributed by atoms with Gasteiger partial charge in [0.25, 0.3) is 0 Å². The summed E-state index contributed by atoms with van der Waals surface area (Å²) < 4.78 is 67.0. The van der Waals surface area contributed by atoms with Crippen molar-refractivity contribution in [2.24, 2.45) is 14.1 Å². The number of aryl methyl sites for hydroxylation is 2. The molecule has 8 rings (SSSR count). The van der Waals surface area contributed by atoms with Gasteiger partial charge in [0.1, 0.15) is 35.5 Å². The van der Waals surface area contributed by atoms with Gasteiger partial charge in [-0.05, 0) is 115 Å². The van der Waals surface area contributed by atoms with Crippen LogP contribution in [0.25, 0.3) is 22.3 Å². The highest BCUT2D eigenvalue weighted by Gasteiger charge is 2.35. The molecule has 2 aliphatic rings. The first-order chi connectivity index (χ1) is 30.7. The van der Waals surface area contributed by atoms with Crippen LogP contribution in [0.5, 0.6) is 0 Å². The molecule has 2 aromatic carbocycles.